The second kappa shape index (κ2) is 14.5. The lowest BCUT2D eigenvalue weighted by Gasteiger charge is -2.27. The van der Waals surface area contributed by atoms with Crippen LogP contribution in [0.25, 0.3) is 11.1 Å². The van der Waals surface area contributed by atoms with Crippen LogP contribution in [0.1, 0.15) is 45.5 Å². The average Bonchev–Trinajstić information content (AvgIpc) is 3.07. The van der Waals surface area contributed by atoms with Crippen molar-refractivity contribution in [3.8, 4) is 11.1 Å². The zero-order valence-corrected chi connectivity index (χ0v) is 26.2. The second-order valence-corrected chi connectivity index (χ2v) is 11.3. The van der Waals surface area contributed by atoms with Crippen LogP contribution >= 0.6 is 11.6 Å². The van der Waals surface area contributed by atoms with Gasteiger partial charge in [0.2, 0.25) is 0 Å². The number of aromatic nitrogens is 1. The molecule has 5 aromatic rings. The summed E-state index contributed by atoms with van der Waals surface area (Å²) in [4.78, 5) is 19.6. The first-order valence-corrected chi connectivity index (χ1v) is 15.3. The summed E-state index contributed by atoms with van der Waals surface area (Å²) < 4.78 is 41.4. The molecule has 0 fully saturated rings. The minimum Gasteiger partial charge on any atom is -0.371 e. The number of pyridine rings is 1. The van der Waals surface area contributed by atoms with Gasteiger partial charge >= 0.3 is 6.18 Å². The van der Waals surface area contributed by atoms with E-state index in [0.29, 0.717) is 30.2 Å². The van der Waals surface area contributed by atoms with Crippen LogP contribution in [-0.4, -0.2) is 31.0 Å². The van der Waals surface area contributed by atoms with Crippen molar-refractivity contribution in [1.29, 1.82) is 0 Å². The second-order valence-electron chi connectivity index (χ2n) is 10.8. The van der Waals surface area contributed by atoms with Gasteiger partial charge < -0.3 is 15.5 Å². The van der Waals surface area contributed by atoms with Gasteiger partial charge in [0.1, 0.15) is 5.82 Å². The topological polar surface area (TPSA) is 57.3 Å². The standard InChI is InChI=1S/C37H34ClF3N4O/c1-3-45(24-30-20-31(38)18-19-33(30)37(39,40)41)34-21-29(22-43-35(34)42-2)25-14-16-28(17-15-25)36(46)44-23-32(26-10-6-4-7-11-26)27-12-8-5-9-13-27/h4-22,32H,3,23-24H2,1-2H3,(H,42,43)(H,44,46). The van der Waals surface area contributed by atoms with Gasteiger partial charge in [-0.05, 0) is 65.6 Å². The van der Waals surface area contributed by atoms with Gasteiger partial charge in [-0.3, -0.25) is 4.79 Å². The predicted octanol–water partition coefficient (Wildman–Crippen LogP) is 9.05. The average molecular weight is 643 g/mol. The van der Waals surface area contributed by atoms with Crippen LogP contribution in [0.4, 0.5) is 24.7 Å². The molecule has 4 aromatic carbocycles. The number of rotatable bonds is 11. The van der Waals surface area contributed by atoms with Crippen molar-refractivity contribution in [1.82, 2.24) is 10.3 Å². The van der Waals surface area contributed by atoms with Gasteiger partial charge in [0.05, 0.1) is 11.3 Å². The number of amides is 1. The molecule has 0 unspecified atom stereocenters. The van der Waals surface area contributed by atoms with Crippen LogP contribution < -0.4 is 15.5 Å². The fourth-order valence-corrected chi connectivity index (χ4v) is 5.69. The molecule has 0 saturated heterocycles. The Labute approximate surface area is 272 Å². The highest BCUT2D eigenvalue weighted by molar-refractivity contribution is 6.30. The molecular weight excluding hydrogens is 609 g/mol. The highest BCUT2D eigenvalue weighted by atomic mass is 35.5. The van der Waals surface area contributed by atoms with E-state index in [0.717, 1.165) is 28.3 Å². The summed E-state index contributed by atoms with van der Waals surface area (Å²) in [6, 6.07) is 32.9. The van der Waals surface area contributed by atoms with Gasteiger partial charge in [0, 0.05) is 54.9 Å². The SMILES string of the molecule is CCN(Cc1cc(Cl)ccc1C(F)(F)F)c1cc(-c2ccc(C(=O)NCC(c3ccccc3)c3ccccc3)cc2)cnc1NC. The Balaban J connectivity index is 1.35. The van der Waals surface area contributed by atoms with Crippen LogP contribution in [0.5, 0.6) is 0 Å². The lowest BCUT2D eigenvalue weighted by Crippen LogP contribution is -2.28. The maximum absolute atomic E-state index is 13.8. The van der Waals surface area contributed by atoms with E-state index in [-0.39, 0.29) is 29.0 Å². The van der Waals surface area contributed by atoms with E-state index in [1.54, 1.807) is 25.4 Å². The first kappa shape index (κ1) is 32.6. The van der Waals surface area contributed by atoms with E-state index >= 15 is 0 Å². The van der Waals surface area contributed by atoms with Gasteiger partial charge in [-0.25, -0.2) is 4.98 Å². The quantitative estimate of drug-likeness (QED) is 0.151. The van der Waals surface area contributed by atoms with E-state index in [1.165, 1.54) is 12.1 Å². The third-order valence-electron chi connectivity index (χ3n) is 7.91. The van der Waals surface area contributed by atoms with Crippen molar-refractivity contribution in [2.24, 2.45) is 0 Å². The third kappa shape index (κ3) is 7.69. The third-order valence-corrected chi connectivity index (χ3v) is 8.15. The molecule has 0 aliphatic rings. The van der Waals surface area contributed by atoms with E-state index in [1.807, 2.05) is 66.4 Å². The zero-order chi connectivity index (χ0) is 32.7. The van der Waals surface area contributed by atoms with Crippen molar-refractivity contribution in [3.05, 3.63) is 148 Å². The number of carbonyl (C=O) groups is 1. The Morgan fingerprint density at radius 3 is 2.07 bits per heavy atom. The number of nitrogens with one attached hydrogen (secondary N) is 2. The summed E-state index contributed by atoms with van der Waals surface area (Å²) in [5.41, 5.74) is 4.31. The number of nitrogens with zero attached hydrogens (tertiary/aromatic N) is 2. The van der Waals surface area contributed by atoms with Gasteiger partial charge in [-0.1, -0.05) is 84.4 Å². The first-order chi connectivity index (χ1) is 22.2. The monoisotopic (exact) mass is 642 g/mol. The molecule has 0 radical (unpaired) electrons. The first-order valence-electron chi connectivity index (χ1n) is 14.9. The van der Waals surface area contributed by atoms with Gasteiger partial charge in [0.15, 0.2) is 0 Å². The fraction of sp³-hybridized carbons (Fsp3) is 0.189. The summed E-state index contributed by atoms with van der Waals surface area (Å²) in [5, 5.41) is 6.37. The number of benzene rings is 4. The molecule has 5 rings (SSSR count). The predicted molar refractivity (Wildman–Crippen MR) is 179 cm³/mol. The summed E-state index contributed by atoms with van der Waals surface area (Å²) in [6.45, 7) is 2.72. The summed E-state index contributed by atoms with van der Waals surface area (Å²) in [6.07, 6.45) is -2.81. The number of hydrogen-bond acceptors (Lipinski definition) is 4. The molecule has 0 spiro atoms. The molecule has 1 aromatic heterocycles. The van der Waals surface area contributed by atoms with E-state index in [4.69, 9.17) is 11.6 Å². The van der Waals surface area contributed by atoms with Crippen molar-refractivity contribution < 1.29 is 18.0 Å². The van der Waals surface area contributed by atoms with E-state index in [2.05, 4.69) is 39.9 Å². The maximum atomic E-state index is 13.8. The number of alkyl halides is 3. The smallest absolute Gasteiger partial charge is 0.371 e. The number of hydrogen-bond donors (Lipinski definition) is 2. The Hall–Kier alpha value is -4.82. The van der Waals surface area contributed by atoms with Crippen molar-refractivity contribution >= 4 is 29.0 Å². The molecule has 5 nitrogen and oxygen atoms in total. The van der Waals surface area contributed by atoms with Crippen LogP contribution in [0, 0.1) is 0 Å². The molecule has 0 saturated carbocycles. The van der Waals surface area contributed by atoms with E-state index < -0.39 is 11.7 Å². The molecule has 2 N–H and O–H groups in total. The van der Waals surface area contributed by atoms with Crippen LogP contribution in [-0.2, 0) is 12.7 Å². The molecule has 236 valence electrons. The minimum atomic E-state index is -4.51. The lowest BCUT2D eigenvalue weighted by molar-refractivity contribution is -0.138. The number of carbonyl (C=O) groups excluding carboxylic acids is 1. The molecule has 0 bridgehead atoms. The fourth-order valence-electron chi connectivity index (χ4n) is 5.50. The van der Waals surface area contributed by atoms with Gasteiger partial charge in [-0.2, -0.15) is 13.2 Å². The molecule has 0 aliphatic heterocycles. The maximum Gasteiger partial charge on any atom is 0.416 e. The van der Waals surface area contributed by atoms with Crippen LogP contribution in [0.3, 0.4) is 0 Å². The largest absolute Gasteiger partial charge is 0.416 e. The Bertz CT molecular complexity index is 1720. The molecule has 1 heterocycles. The number of halogens is 4. The summed E-state index contributed by atoms with van der Waals surface area (Å²) in [5.74, 6) is 0.344. The molecule has 9 heteroatoms. The Morgan fingerprint density at radius 2 is 1.50 bits per heavy atom. The zero-order valence-electron chi connectivity index (χ0n) is 25.5. The van der Waals surface area contributed by atoms with Crippen molar-refractivity contribution in [2.75, 3.05) is 30.4 Å². The summed E-state index contributed by atoms with van der Waals surface area (Å²) in [7, 11) is 1.72. The Kier molecular flexibility index (Phi) is 10.3. The van der Waals surface area contributed by atoms with Crippen molar-refractivity contribution in [3.63, 3.8) is 0 Å². The van der Waals surface area contributed by atoms with E-state index in [9.17, 15) is 18.0 Å². The molecule has 0 aliphatic carbocycles. The molecule has 0 atom stereocenters. The van der Waals surface area contributed by atoms with Crippen molar-refractivity contribution in [2.45, 2.75) is 25.6 Å². The molecule has 1 amide bonds. The van der Waals surface area contributed by atoms with Gasteiger partial charge in [-0.15, -0.1) is 0 Å². The van der Waals surface area contributed by atoms with Crippen LogP contribution in [0.2, 0.25) is 5.02 Å². The number of anilines is 2. The molecule has 46 heavy (non-hydrogen) atoms. The highest BCUT2D eigenvalue weighted by Gasteiger charge is 2.33. The highest BCUT2D eigenvalue weighted by Crippen LogP contribution is 2.36. The van der Waals surface area contributed by atoms with Crippen LogP contribution in [0.15, 0.2) is 115 Å². The summed E-state index contributed by atoms with van der Waals surface area (Å²) >= 11 is 6.09. The van der Waals surface area contributed by atoms with Gasteiger partial charge in [0.25, 0.3) is 5.91 Å². The normalized spacial score (nSPS) is 11.4. The molecular formula is C37H34ClF3N4O. The minimum absolute atomic E-state index is 0.00134. The lowest BCUT2D eigenvalue weighted by atomic mass is 9.91. The Morgan fingerprint density at radius 1 is 0.870 bits per heavy atom.